The number of amides is 1. The molecule has 0 aromatic heterocycles. The fraction of sp³-hybridized carbons (Fsp3) is 0.235. The maximum absolute atomic E-state index is 12.9. The molecule has 25 heavy (non-hydrogen) atoms. The number of anilines is 1. The highest BCUT2D eigenvalue weighted by Gasteiger charge is 2.27. The molecular weight excluding hydrogens is 408 g/mol. The van der Waals surface area contributed by atoms with E-state index in [0.717, 1.165) is 11.1 Å². The number of nitrogens with zero attached hydrogens (tertiary/aromatic N) is 1. The topological polar surface area (TPSA) is 75.7 Å². The molecule has 1 aliphatic heterocycles. The average Bonchev–Trinajstić information content (AvgIpc) is 2.56. The minimum atomic E-state index is -3.73. The van der Waals surface area contributed by atoms with Crippen molar-refractivity contribution < 1.29 is 17.9 Å². The van der Waals surface area contributed by atoms with E-state index in [1.807, 2.05) is 31.2 Å². The number of aryl methyl sites for hydroxylation is 1. The molecule has 1 amide bonds. The zero-order chi connectivity index (χ0) is 18.2. The van der Waals surface area contributed by atoms with Gasteiger partial charge in [0.2, 0.25) is 10.0 Å². The first-order chi connectivity index (χ1) is 11.8. The summed E-state index contributed by atoms with van der Waals surface area (Å²) < 4.78 is 32.8. The molecule has 0 aliphatic carbocycles. The van der Waals surface area contributed by atoms with Gasteiger partial charge in [-0.2, -0.15) is 4.31 Å². The van der Waals surface area contributed by atoms with Crippen LogP contribution in [0.25, 0.3) is 0 Å². The van der Waals surface area contributed by atoms with Crippen LogP contribution in [0, 0.1) is 6.92 Å². The van der Waals surface area contributed by atoms with Gasteiger partial charge in [0.25, 0.3) is 5.91 Å². The fourth-order valence-corrected chi connectivity index (χ4v) is 4.66. The molecule has 8 heteroatoms. The molecule has 132 valence electrons. The number of ether oxygens (including phenoxy) is 1. The molecule has 1 aliphatic rings. The van der Waals surface area contributed by atoms with Crippen LogP contribution in [0.1, 0.15) is 11.1 Å². The van der Waals surface area contributed by atoms with E-state index in [2.05, 4.69) is 21.2 Å². The standard InChI is InChI=1S/C17H17BrN2O4S/c1-11-3-5-12(6-4-11)9-20(2)25(22,23)16-8-15-14(7-13(16)18)19-17(21)10-24-15/h3-8H,9-10H2,1-2H3,(H,19,21). The summed E-state index contributed by atoms with van der Waals surface area (Å²) in [6, 6.07) is 10.7. The Kier molecular flexibility index (Phi) is 4.86. The molecule has 1 N–H and O–H groups in total. The van der Waals surface area contributed by atoms with Crippen molar-refractivity contribution in [2.75, 3.05) is 19.0 Å². The molecule has 2 aromatic carbocycles. The van der Waals surface area contributed by atoms with E-state index >= 15 is 0 Å². The fourth-order valence-electron chi connectivity index (χ4n) is 2.48. The third-order valence-electron chi connectivity index (χ3n) is 3.88. The van der Waals surface area contributed by atoms with Crippen LogP contribution in [-0.4, -0.2) is 32.3 Å². The number of rotatable bonds is 4. The van der Waals surface area contributed by atoms with Crippen molar-refractivity contribution in [1.82, 2.24) is 4.31 Å². The summed E-state index contributed by atoms with van der Waals surface area (Å²) >= 11 is 3.28. The van der Waals surface area contributed by atoms with Gasteiger partial charge < -0.3 is 10.1 Å². The molecule has 0 fully saturated rings. The molecule has 0 saturated carbocycles. The van der Waals surface area contributed by atoms with Crippen LogP contribution in [-0.2, 0) is 21.4 Å². The summed E-state index contributed by atoms with van der Waals surface area (Å²) in [5.41, 5.74) is 2.46. The van der Waals surface area contributed by atoms with Gasteiger partial charge in [-0.1, -0.05) is 29.8 Å². The first-order valence-corrected chi connectivity index (χ1v) is 9.79. The van der Waals surface area contributed by atoms with Crippen molar-refractivity contribution in [1.29, 1.82) is 0 Å². The second-order valence-electron chi connectivity index (χ2n) is 5.86. The van der Waals surface area contributed by atoms with E-state index in [0.29, 0.717) is 15.9 Å². The highest BCUT2D eigenvalue weighted by molar-refractivity contribution is 9.10. The van der Waals surface area contributed by atoms with Crippen molar-refractivity contribution in [3.05, 3.63) is 52.0 Å². The number of sulfonamides is 1. The van der Waals surface area contributed by atoms with Crippen molar-refractivity contribution >= 4 is 37.5 Å². The van der Waals surface area contributed by atoms with E-state index in [1.165, 1.54) is 17.4 Å². The molecule has 0 unspecified atom stereocenters. The molecule has 2 aromatic rings. The monoisotopic (exact) mass is 424 g/mol. The lowest BCUT2D eigenvalue weighted by atomic mass is 10.1. The smallest absolute Gasteiger partial charge is 0.262 e. The molecule has 0 saturated heterocycles. The Morgan fingerprint density at radius 3 is 2.60 bits per heavy atom. The van der Waals surface area contributed by atoms with Gasteiger partial charge in [-0.05, 0) is 34.5 Å². The van der Waals surface area contributed by atoms with Gasteiger partial charge in [-0.15, -0.1) is 0 Å². The van der Waals surface area contributed by atoms with E-state index in [9.17, 15) is 13.2 Å². The number of benzene rings is 2. The van der Waals surface area contributed by atoms with Crippen molar-refractivity contribution in [2.24, 2.45) is 0 Å². The normalized spacial score (nSPS) is 14.0. The summed E-state index contributed by atoms with van der Waals surface area (Å²) in [6.45, 7) is 2.10. The van der Waals surface area contributed by atoms with Crippen LogP contribution in [0.2, 0.25) is 0 Å². The Bertz CT molecular complexity index is 926. The molecule has 0 spiro atoms. The first-order valence-electron chi connectivity index (χ1n) is 7.55. The van der Waals surface area contributed by atoms with Gasteiger partial charge in [0.1, 0.15) is 10.6 Å². The van der Waals surface area contributed by atoms with Gasteiger partial charge >= 0.3 is 0 Å². The van der Waals surface area contributed by atoms with E-state index in [4.69, 9.17) is 4.74 Å². The molecular formula is C17H17BrN2O4S. The van der Waals surface area contributed by atoms with Crippen LogP contribution < -0.4 is 10.1 Å². The SMILES string of the molecule is Cc1ccc(CN(C)S(=O)(=O)c2cc3c(cc2Br)NC(=O)CO3)cc1. The Morgan fingerprint density at radius 2 is 1.92 bits per heavy atom. The summed E-state index contributed by atoms with van der Waals surface area (Å²) in [5, 5.41) is 2.65. The largest absolute Gasteiger partial charge is 0.482 e. The minimum Gasteiger partial charge on any atom is -0.482 e. The highest BCUT2D eigenvalue weighted by atomic mass is 79.9. The van der Waals surface area contributed by atoms with Gasteiger partial charge in [-0.3, -0.25) is 4.79 Å². The third kappa shape index (κ3) is 3.70. The Morgan fingerprint density at radius 1 is 1.24 bits per heavy atom. The first kappa shape index (κ1) is 17.9. The van der Waals surface area contributed by atoms with Crippen molar-refractivity contribution in [2.45, 2.75) is 18.4 Å². The lowest BCUT2D eigenvalue weighted by Crippen LogP contribution is -2.28. The minimum absolute atomic E-state index is 0.0945. The Balaban J connectivity index is 1.91. The number of carbonyl (C=O) groups is 1. The predicted octanol–water partition coefficient (Wildman–Crippen LogP) is 2.91. The second-order valence-corrected chi connectivity index (χ2v) is 8.73. The molecule has 0 atom stereocenters. The van der Waals surface area contributed by atoms with Crippen LogP contribution in [0.4, 0.5) is 5.69 Å². The molecule has 0 bridgehead atoms. The molecule has 0 radical (unpaired) electrons. The highest BCUT2D eigenvalue weighted by Crippen LogP contribution is 2.36. The summed E-state index contributed by atoms with van der Waals surface area (Å²) in [6.07, 6.45) is 0. The maximum Gasteiger partial charge on any atom is 0.262 e. The maximum atomic E-state index is 12.9. The zero-order valence-corrected chi connectivity index (χ0v) is 16.1. The summed E-state index contributed by atoms with van der Waals surface area (Å²) in [7, 11) is -2.20. The van der Waals surface area contributed by atoms with Crippen LogP contribution in [0.5, 0.6) is 5.75 Å². The lowest BCUT2D eigenvalue weighted by molar-refractivity contribution is -0.118. The quantitative estimate of drug-likeness (QED) is 0.818. The van der Waals surface area contributed by atoms with E-state index in [1.54, 1.807) is 6.07 Å². The molecule has 1 heterocycles. The molecule has 6 nitrogen and oxygen atoms in total. The van der Waals surface area contributed by atoms with Crippen LogP contribution >= 0.6 is 15.9 Å². The van der Waals surface area contributed by atoms with Gasteiger partial charge in [0.05, 0.1) is 5.69 Å². The number of halogens is 1. The second kappa shape index (κ2) is 6.78. The number of fused-ring (bicyclic) bond motifs is 1. The predicted molar refractivity (Wildman–Crippen MR) is 98.1 cm³/mol. The van der Waals surface area contributed by atoms with Gasteiger partial charge in [0.15, 0.2) is 6.61 Å². The number of hydrogen-bond donors (Lipinski definition) is 1. The summed E-state index contributed by atoms with van der Waals surface area (Å²) in [4.78, 5) is 11.5. The Labute approximate surface area is 155 Å². The van der Waals surface area contributed by atoms with E-state index < -0.39 is 10.0 Å². The van der Waals surface area contributed by atoms with Crippen molar-refractivity contribution in [3.8, 4) is 5.75 Å². The van der Waals surface area contributed by atoms with Crippen molar-refractivity contribution in [3.63, 3.8) is 0 Å². The van der Waals surface area contributed by atoms with Gasteiger partial charge in [-0.25, -0.2) is 8.42 Å². The number of nitrogens with one attached hydrogen (secondary N) is 1. The summed E-state index contributed by atoms with van der Waals surface area (Å²) in [5.74, 6) is 0.0663. The van der Waals surface area contributed by atoms with E-state index in [-0.39, 0.29) is 24.0 Å². The Hall–Kier alpha value is -1.90. The number of carbonyl (C=O) groups excluding carboxylic acids is 1. The average molecular weight is 425 g/mol. The zero-order valence-electron chi connectivity index (χ0n) is 13.7. The van der Waals surface area contributed by atoms with Crippen LogP contribution in [0.3, 0.4) is 0 Å². The number of hydrogen-bond acceptors (Lipinski definition) is 4. The van der Waals surface area contributed by atoms with Gasteiger partial charge in [0, 0.05) is 24.1 Å². The van der Waals surface area contributed by atoms with Crippen LogP contribution in [0.15, 0.2) is 45.8 Å². The molecule has 3 rings (SSSR count). The lowest BCUT2D eigenvalue weighted by Gasteiger charge is -2.22. The third-order valence-corrected chi connectivity index (χ3v) is 6.64.